The molecule has 0 atom stereocenters. The fourth-order valence-electron chi connectivity index (χ4n) is 3.08. The van der Waals surface area contributed by atoms with Crippen molar-refractivity contribution in [1.82, 2.24) is 19.9 Å². The molecule has 0 aliphatic carbocycles. The highest BCUT2D eigenvalue weighted by Crippen LogP contribution is 2.20. The molecule has 2 heterocycles. The first kappa shape index (κ1) is 22.9. The zero-order valence-corrected chi connectivity index (χ0v) is 17.9. The van der Waals surface area contributed by atoms with Crippen LogP contribution in [-0.2, 0) is 16.0 Å². The Bertz CT molecular complexity index is 1150. The average molecular weight is 436 g/mol. The highest BCUT2D eigenvalue weighted by Gasteiger charge is 2.17. The van der Waals surface area contributed by atoms with Crippen LogP contribution in [0.2, 0.25) is 0 Å². The molecule has 2 amide bonds. The third kappa shape index (κ3) is 5.46. The Labute approximate surface area is 185 Å². The number of amides is 2. The fourth-order valence-corrected chi connectivity index (χ4v) is 3.08. The molecule has 0 saturated heterocycles. The molecule has 166 valence electrons. The van der Waals surface area contributed by atoms with Gasteiger partial charge in [0.2, 0.25) is 5.95 Å². The number of hydrogen-bond donors (Lipinski definition) is 2. The summed E-state index contributed by atoms with van der Waals surface area (Å²) >= 11 is 0. The van der Waals surface area contributed by atoms with Crippen molar-refractivity contribution in [2.24, 2.45) is 0 Å². The van der Waals surface area contributed by atoms with Gasteiger partial charge in [-0.25, -0.2) is 9.97 Å². The quantitative estimate of drug-likeness (QED) is 0.465. The summed E-state index contributed by atoms with van der Waals surface area (Å²) in [5.74, 6) is -0.389. The van der Waals surface area contributed by atoms with Crippen molar-refractivity contribution in [1.29, 1.82) is 5.26 Å². The van der Waals surface area contributed by atoms with Gasteiger partial charge < -0.3 is 14.8 Å². The summed E-state index contributed by atoms with van der Waals surface area (Å²) < 4.78 is 11.8. The van der Waals surface area contributed by atoms with Crippen LogP contribution in [0.3, 0.4) is 0 Å². The fraction of sp³-hybridized carbons (Fsp3) is 0.318. The summed E-state index contributed by atoms with van der Waals surface area (Å²) in [6, 6.07) is 10.0. The van der Waals surface area contributed by atoms with Crippen LogP contribution in [0, 0.1) is 11.3 Å². The van der Waals surface area contributed by atoms with Crippen molar-refractivity contribution < 1.29 is 19.1 Å². The molecule has 0 unspecified atom stereocenters. The molecule has 32 heavy (non-hydrogen) atoms. The molecule has 0 radical (unpaired) electrons. The van der Waals surface area contributed by atoms with Gasteiger partial charge in [-0.3, -0.25) is 19.5 Å². The minimum atomic E-state index is -0.400. The van der Waals surface area contributed by atoms with E-state index in [2.05, 4.69) is 20.6 Å². The number of carbonyl (C=O) groups excluding carboxylic acids is 2. The van der Waals surface area contributed by atoms with Crippen molar-refractivity contribution >= 4 is 28.9 Å². The molecule has 0 aliphatic rings. The van der Waals surface area contributed by atoms with Gasteiger partial charge in [0.1, 0.15) is 5.52 Å². The lowest BCUT2D eigenvalue weighted by atomic mass is 10.1. The molecule has 2 aromatic heterocycles. The van der Waals surface area contributed by atoms with Crippen molar-refractivity contribution in [3.8, 4) is 6.07 Å². The maximum Gasteiger partial charge on any atom is 0.258 e. The van der Waals surface area contributed by atoms with Crippen LogP contribution >= 0.6 is 0 Å². The molecule has 3 aromatic rings. The number of aryl methyl sites for hydroxylation is 1. The number of imidazole rings is 1. The Balaban J connectivity index is 1.90. The Morgan fingerprint density at radius 2 is 1.94 bits per heavy atom. The molecule has 3 rings (SSSR count). The van der Waals surface area contributed by atoms with Gasteiger partial charge in [0, 0.05) is 45.7 Å². The van der Waals surface area contributed by atoms with E-state index in [0.29, 0.717) is 66.5 Å². The Hall–Kier alpha value is -3.81. The monoisotopic (exact) mass is 436 g/mol. The SMILES string of the molecule is COCCCn1c(NC(=O)c2cccc(C#N)c2)nc2cc(C(=O)NCCOC)cnc21. The lowest BCUT2D eigenvalue weighted by Crippen LogP contribution is -2.27. The zero-order chi connectivity index (χ0) is 22.9. The van der Waals surface area contributed by atoms with Gasteiger partial charge in [-0.05, 0) is 30.7 Å². The Morgan fingerprint density at radius 1 is 1.12 bits per heavy atom. The van der Waals surface area contributed by atoms with Crippen molar-refractivity contribution in [2.75, 3.05) is 39.3 Å². The van der Waals surface area contributed by atoms with E-state index in [1.807, 2.05) is 6.07 Å². The number of carbonyl (C=O) groups is 2. The summed E-state index contributed by atoms with van der Waals surface area (Å²) in [6.45, 7) is 1.81. The van der Waals surface area contributed by atoms with E-state index in [-0.39, 0.29) is 5.91 Å². The molecule has 0 saturated carbocycles. The first-order chi connectivity index (χ1) is 15.6. The zero-order valence-electron chi connectivity index (χ0n) is 17.9. The summed E-state index contributed by atoms with van der Waals surface area (Å²) in [5.41, 5.74) is 2.09. The van der Waals surface area contributed by atoms with Crippen LogP contribution < -0.4 is 10.6 Å². The van der Waals surface area contributed by atoms with Gasteiger partial charge in [-0.15, -0.1) is 0 Å². The van der Waals surface area contributed by atoms with Gasteiger partial charge in [-0.1, -0.05) is 6.07 Å². The average Bonchev–Trinajstić information content (AvgIpc) is 3.15. The summed E-state index contributed by atoms with van der Waals surface area (Å²) in [4.78, 5) is 34.0. The topological polar surface area (TPSA) is 131 Å². The molecule has 0 aliphatic heterocycles. The molecule has 2 N–H and O–H groups in total. The number of nitriles is 1. The predicted molar refractivity (Wildman–Crippen MR) is 117 cm³/mol. The van der Waals surface area contributed by atoms with Crippen molar-refractivity contribution in [2.45, 2.75) is 13.0 Å². The van der Waals surface area contributed by atoms with E-state index in [1.54, 1.807) is 43.1 Å². The van der Waals surface area contributed by atoms with E-state index in [4.69, 9.17) is 14.7 Å². The lowest BCUT2D eigenvalue weighted by molar-refractivity contribution is 0.0936. The molecule has 1 aromatic carbocycles. The first-order valence-corrected chi connectivity index (χ1v) is 10.0. The predicted octanol–water partition coefficient (Wildman–Crippen LogP) is 1.97. The van der Waals surface area contributed by atoms with E-state index < -0.39 is 5.91 Å². The van der Waals surface area contributed by atoms with Crippen molar-refractivity contribution in [3.05, 3.63) is 53.2 Å². The van der Waals surface area contributed by atoms with Gasteiger partial charge in [0.15, 0.2) is 5.65 Å². The number of anilines is 1. The molecule has 0 bridgehead atoms. The number of benzene rings is 1. The number of nitrogens with zero attached hydrogens (tertiary/aromatic N) is 4. The molecule has 0 spiro atoms. The largest absolute Gasteiger partial charge is 0.385 e. The van der Waals surface area contributed by atoms with E-state index >= 15 is 0 Å². The van der Waals surface area contributed by atoms with Crippen LogP contribution in [-0.4, -0.2) is 60.3 Å². The van der Waals surface area contributed by atoms with Crippen LogP contribution in [0.4, 0.5) is 5.95 Å². The Morgan fingerprint density at radius 3 is 2.69 bits per heavy atom. The van der Waals surface area contributed by atoms with Crippen LogP contribution in [0.5, 0.6) is 0 Å². The third-order valence-electron chi connectivity index (χ3n) is 4.65. The van der Waals surface area contributed by atoms with E-state index in [0.717, 1.165) is 0 Å². The highest BCUT2D eigenvalue weighted by molar-refractivity contribution is 6.04. The number of nitrogens with one attached hydrogen (secondary N) is 2. The number of hydrogen-bond acceptors (Lipinski definition) is 7. The number of pyridine rings is 1. The number of fused-ring (bicyclic) bond motifs is 1. The van der Waals surface area contributed by atoms with Gasteiger partial charge in [-0.2, -0.15) is 5.26 Å². The molecule has 0 fully saturated rings. The Kier molecular flexibility index (Phi) is 7.85. The van der Waals surface area contributed by atoms with E-state index in [1.165, 1.54) is 12.3 Å². The van der Waals surface area contributed by atoms with Gasteiger partial charge in [0.05, 0.1) is 23.8 Å². The summed E-state index contributed by atoms with van der Waals surface area (Å²) in [5, 5.41) is 14.6. The molecule has 10 heteroatoms. The smallest absolute Gasteiger partial charge is 0.258 e. The minimum absolute atomic E-state index is 0.288. The molecule has 10 nitrogen and oxygen atoms in total. The number of rotatable bonds is 10. The maximum atomic E-state index is 12.8. The van der Waals surface area contributed by atoms with Crippen LogP contribution in [0.25, 0.3) is 11.2 Å². The normalized spacial score (nSPS) is 10.7. The second-order valence-electron chi connectivity index (χ2n) is 6.90. The summed E-state index contributed by atoms with van der Waals surface area (Å²) in [6.07, 6.45) is 2.15. The number of aromatic nitrogens is 3. The molecular weight excluding hydrogens is 412 g/mol. The minimum Gasteiger partial charge on any atom is -0.385 e. The van der Waals surface area contributed by atoms with Crippen LogP contribution in [0.15, 0.2) is 36.5 Å². The van der Waals surface area contributed by atoms with Gasteiger partial charge in [0.25, 0.3) is 11.8 Å². The van der Waals surface area contributed by atoms with E-state index in [9.17, 15) is 9.59 Å². The summed E-state index contributed by atoms with van der Waals surface area (Å²) in [7, 11) is 3.17. The highest BCUT2D eigenvalue weighted by atomic mass is 16.5. The second kappa shape index (κ2) is 11.0. The second-order valence-corrected chi connectivity index (χ2v) is 6.90. The van der Waals surface area contributed by atoms with Crippen molar-refractivity contribution in [3.63, 3.8) is 0 Å². The molecular formula is C22H24N6O4. The maximum absolute atomic E-state index is 12.8. The number of methoxy groups -OCH3 is 2. The lowest BCUT2D eigenvalue weighted by Gasteiger charge is -2.10. The first-order valence-electron chi connectivity index (χ1n) is 10.0. The van der Waals surface area contributed by atoms with Gasteiger partial charge >= 0.3 is 0 Å². The number of ether oxygens (including phenoxy) is 2. The standard InChI is InChI=1S/C22H24N6O4/c1-31-9-4-8-28-19-18(12-17(14-25-19)20(29)24-7-10-32-2)26-22(28)27-21(30)16-6-3-5-15(11-16)13-23/h3,5-6,11-12,14H,4,7-10H2,1-2H3,(H,24,29)(H,26,27,30). The third-order valence-corrected chi connectivity index (χ3v) is 4.65. The van der Waals surface area contributed by atoms with Crippen LogP contribution in [0.1, 0.15) is 32.7 Å².